The second kappa shape index (κ2) is 8.03. The van der Waals surface area contributed by atoms with Crippen LogP contribution in [0.5, 0.6) is 0 Å². The van der Waals surface area contributed by atoms with E-state index < -0.39 is 5.97 Å². The summed E-state index contributed by atoms with van der Waals surface area (Å²) in [5.41, 5.74) is 3.02. The third-order valence-corrected chi connectivity index (χ3v) is 4.68. The summed E-state index contributed by atoms with van der Waals surface area (Å²) in [6, 6.07) is 14.3. The minimum absolute atomic E-state index is 0.0543. The van der Waals surface area contributed by atoms with Crippen molar-refractivity contribution in [1.29, 1.82) is 0 Å². The molecule has 0 atom stereocenters. The lowest BCUT2D eigenvalue weighted by Gasteiger charge is -2.31. The Balaban J connectivity index is 1.80. The molecule has 140 valence electrons. The lowest BCUT2D eigenvalue weighted by molar-refractivity contribution is -0.121. The second-order valence-electron chi connectivity index (χ2n) is 6.42. The quantitative estimate of drug-likeness (QED) is 0.781. The molecule has 0 aliphatic carbocycles. The lowest BCUT2D eigenvalue weighted by Crippen LogP contribution is -2.44. The van der Waals surface area contributed by atoms with E-state index in [1.54, 1.807) is 29.2 Å². The Morgan fingerprint density at radius 2 is 1.78 bits per heavy atom. The molecule has 0 fully saturated rings. The van der Waals surface area contributed by atoms with E-state index in [0.29, 0.717) is 17.8 Å². The van der Waals surface area contributed by atoms with Crippen LogP contribution in [0.4, 0.5) is 11.4 Å². The van der Waals surface area contributed by atoms with Crippen molar-refractivity contribution in [2.75, 3.05) is 30.0 Å². The lowest BCUT2D eigenvalue weighted by atomic mass is 10.0. The molecule has 0 aromatic heterocycles. The van der Waals surface area contributed by atoms with Crippen molar-refractivity contribution in [2.45, 2.75) is 19.8 Å². The number of benzene rings is 2. The van der Waals surface area contributed by atoms with E-state index in [1.807, 2.05) is 24.3 Å². The Bertz CT molecular complexity index is 861. The van der Waals surface area contributed by atoms with Gasteiger partial charge in [0.25, 0.3) is 0 Å². The summed E-state index contributed by atoms with van der Waals surface area (Å²) >= 11 is 0. The average Bonchev–Trinajstić information content (AvgIpc) is 2.70. The highest BCUT2D eigenvalue weighted by Crippen LogP contribution is 2.27. The Morgan fingerprint density at radius 1 is 1.07 bits per heavy atom. The molecular formula is C21H22N2O4. The van der Waals surface area contributed by atoms with Crippen LogP contribution in [0.25, 0.3) is 0 Å². The number of aryl methyl sites for hydroxylation is 1. The van der Waals surface area contributed by atoms with Crippen molar-refractivity contribution >= 4 is 29.2 Å². The molecule has 0 radical (unpaired) electrons. The summed E-state index contributed by atoms with van der Waals surface area (Å²) in [7, 11) is 1.31. The minimum atomic E-state index is -0.447. The second-order valence-corrected chi connectivity index (χ2v) is 6.42. The summed E-state index contributed by atoms with van der Waals surface area (Å²) in [6.45, 7) is 2.01. The highest BCUT2D eigenvalue weighted by Gasteiger charge is 2.25. The predicted molar refractivity (Wildman–Crippen MR) is 103 cm³/mol. The number of methoxy groups -OCH3 is 1. The van der Waals surface area contributed by atoms with Gasteiger partial charge in [-0.25, -0.2) is 4.79 Å². The third kappa shape index (κ3) is 4.00. The summed E-state index contributed by atoms with van der Waals surface area (Å²) in [5.74, 6) is -0.814. The molecule has 1 heterocycles. The van der Waals surface area contributed by atoms with Gasteiger partial charge in [-0.05, 0) is 48.7 Å². The normalized spacial score (nSPS) is 12.9. The maximum Gasteiger partial charge on any atom is 0.337 e. The van der Waals surface area contributed by atoms with Gasteiger partial charge >= 0.3 is 5.97 Å². The summed E-state index contributed by atoms with van der Waals surface area (Å²) in [6.07, 6.45) is 1.85. The maximum atomic E-state index is 12.9. The molecule has 1 aliphatic heterocycles. The van der Waals surface area contributed by atoms with Crippen LogP contribution in [0.3, 0.4) is 0 Å². The van der Waals surface area contributed by atoms with Crippen LogP contribution >= 0.6 is 0 Å². The molecule has 2 aromatic rings. The largest absolute Gasteiger partial charge is 0.465 e. The molecule has 6 heteroatoms. The SMILES string of the molecule is COC(=O)c1ccc(N(CC(=O)N2CCCc3ccccc32)C(C)=O)cc1. The van der Waals surface area contributed by atoms with Crippen molar-refractivity contribution in [1.82, 2.24) is 0 Å². The van der Waals surface area contributed by atoms with E-state index in [2.05, 4.69) is 4.74 Å². The van der Waals surface area contributed by atoms with Gasteiger partial charge in [-0.2, -0.15) is 0 Å². The van der Waals surface area contributed by atoms with E-state index in [9.17, 15) is 14.4 Å². The number of rotatable bonds is 4. The molecule has 0 spiro atoms. The Kier molecular flexibility index (Phi) is 5.54. The van der Waals surface area contributed by atoms with E-state index in [0.717, 1.165) is 24.1 Å². The van der Waals surface area contributed by atoms with Gasteiger partial charge in [0.2, 0.25) is 11.8 Å². The molecule has 1 aliphatic rings. The Labute approximate surface area is 158 Å². The molecule has 2 aromatic carbocycles. The number of hydrogen-bond donors (Lipinski definition) is 0. The number of carbonyl (C=O) groups excluding carboxylic acids is 3. The van der Waals surface area contributed by atoms with Gasteiger partial charge in [0.15, 0.2) is 0 Å². The van der Waals surface area contributed by atoms with Gasteiger partial charge < -0.3 is 14.5 Å². The van der Waals surface area contributed by atoms with Gasteiger partial charge in [-0.15, -0.1) is 0 Å². The highest BCUT2D eigenvalue weighted by molar-refractivity contribution is 6.03. The number of hydrogen-bond acceptors (Lipinski definition) is 4. The molecule has 6 nitrogen and oxygen atoms in total. The summed E-state index contributed by atoms with van der Waals surface area (Å²) in [4.78, 5) is 39.8. The number of para-hydroxylation sites is 1. The fourth-order valence-electron chi connectivity index (χ4n) is 3.29. The van der Waals surface area contributed by atoms with E-state index in [-0.39, 0.29) is 18.4 Å². The molecule has 0 N–H and O–H groups in total. The van der Waals surface area contributed by atoms with Crippen molar-refractivity contribution in [2.24, 2.45) is 0 Å². The Morgan fingerprint density at radius 3 is 2.44 bits per heavy atom. The van der Waals surface area contributed by atoms with Crippen LogP contribution in [0, 0.1) is 0 Å². The number of carbonyl (C=O) groups is 3. The number of fused-ring (bicyclic) bond motifs is 1. The zero-order valence-corrected chi connectivity index (χ0v) is 15.5. The number of amides is 2. The fourth-order valence-corrected chi connectivity index (χ4v) is 3.29. The first-order valence-electron chi connectivity index (χ1n) is 8.86. The van der Waals surface area contributed by atoms with Crippen molar-refractivity contribution in [3.63, 3.8) is 0 Å². The summed E-state index contributed by atoms with van der Waals surface area (Å²) in [5, 5.41) is 0. The monoisotopic (exact) mass is 366 g/mol. The molecule has 27 heavy (non-hydrogen) atoms. The summed E-state index contributed by atoms with van der Waals surface area (Å²) < 4.78 is 4.68. The smallest absolute Gasteiger partial charge is 0.337 e. The average molecular weight is 366 g/mol. The van der Waals surface area contributed by atoms with Crippen LogP contribution in [0.2, 0.25) is 0 Å². The van der Waals surface area contributed by atoms with Crippen molar-refractivity contribution in [3.8, 4) is 0 Å². The molecule has 2 amide bonds. The van der Waals surface area contributed by atoms with Gasteiger partial charge in [-0.3, -0.25) is 9.59 Å². The minimum Gasteiger partial charge on any atom is -0.465 e. The molecule has 0 saturated heterocycles. The first-order valence-corrected chi connectivity index (χ1v) is 8.86. The van der Waals surface area contributed by atoms with Crippen molar-refractivity contribution in [3.05, 3.63) is 59.7 Å². The fraction of sp³-hybridized carbons (Fsp3) is 0.286. The van der Waals surface area contributed by atoms with E-state index >= 15 is 0 Å². The molecule has 0 bridgehead atoms. The maximum absolute atomic E-state index is 12.9. The zero-order valence-electron chi connectivity index (χ0n) is 15.5. The third-order valence-electron chi connectivity index (χ3n) is 4.68. The van der Waals surface area contributed by atoms with E-state index in [1.165, 1.54) is 18.9 Å². The standard InChI is InChI=1S/C21H22N2O4/c1-15(24)23(18-11-9-17(10-12-18)21(26)27-2)14-20(25)22-13-5-7-16-6-3-4-8-19(16)22/h3-4,6,8-12H,5,7,13-14H2,1-2H3. The van der Waals surface area contributed by atoms with Gasteiger partial charge in [0.05, 0.1) is 12.7 Å². The first kappa shape index (κ1) is 18.6. The Hall–Kier alpha value is -3.15. The first-order chi connectivity index (χ1) is 13.0. The molecule has 3 rings (SSSR count). The van der Waals surface area contributed by atoms with Gasteiger partial charge in [0.1, 0.15) is 6.54 Å². The van der Waals surface area contributed by atoms with Crippen LogP contribution in [-0.2, 0) is 20.7 Å². The molecular weight excluding hydrogens is 344 g/mol. The number of esters is 1. The molecule has 0 unspecified atom stereocenters. The van der Waals surface area contributed by atoms with Crippen molar-refractivity contribution < 1.29 is 19.1 Å². The van der Waals surface area contributed by atoms with Crippen LogP contribution in [0.1, 0.15) is 29.3 Å². The number of ether oxygens (including phenoxy) is 1. The van der Waals surface area contributed by atoms with E-state index in [4.69, 9.17) is 0 Å². The molecule has 0 saturated carbocycles. The van der Waals surface area contributed by atoms with Crippen LogP contribution in [0.15, 0.2) is 48.5 Å². The van der Waals surface area contributed by atoms with Crippen LogP contribution < -0.4 is 9.80 Å². The van der Waals surface area contributed by atoms with Crippen LogP contribution in [-0.4, -0.2) is 38.0 Å². The predicted octanol–water partition coefficient (Wildman–Crippen LogP) is 2.81. The van der Waals surface area contributed by atoms with Gasteiger partial charge in [0, 0.05) is 24.8 Å². The van der Waals surface area contributed by atoms with Gasteiger partial charge in [-0.1, -0.05) is 18.2 Å². The zero-order chi connectivity index (χ0) is 19.4. The number of anilines is 2. The number of nitrogens with zero attached hydrogens (tertiary/aromatic N) is 2. The highest BCUT2D eigenvalue weighted by atomic mass is 16.5. The topological polar surface area (TPSA) is 66.9 Å².